The van der Waals surface area contributed by atoms with Gasteiger partial charge in [-0.2, -0.15) is 0 Å². The first kappa shape index (κ1) is 16.3. The Morgan fingerprint density at radius 2 is 2.36 bits per heavy atom. The van der Waals surface area contributed by atoms with Gasteiger partial charge in [-0.05, 0) is 18.6 Å². The highest BCUT2D eigenvalue weighted by atomic mass is 35.5. The number of likely N-dealkylation sites (tertiary alicyclic amines) is 1. The number of halogens is 1. The molecule has 0 spiro atoms. The first-order valence-corrected chi connectivity index (χ1v) is 7.31. The second kappa shape index (κ2) is 7.26. The minimum atomic E-state index is -0.215. The van der Waals surface area contributed by atoms with E-state index in [4.69, 9.17) is 16.3 Å². The summed E-state index contributed by atoms with van der Waals surface area (Å²) in [6.45, 7) is 4.66. The van der Waals surface area contributed by atoms with Gasteiger partial charge in [-0.1, -0.05) is 18.2 Å². The smallest absolute Gasteiger partial charge is 0.245 e. The number of amides is 2. The van der Waals surface area contributed by atoms with Crippen LogP contribution in [-0.4, -0.2) is 41.9 Å². The van der Waals surface area contributed by atoms with Crippen molar-refractivity contribution in [2.75, 3.05) is 20.2 Å². The van der Waals surface area contributed by atoms with Crippen molar-refractivity contribution in [3.8, 4) is 5.88 Å². The lowest BCUT2D eigenvalue weighted by atomic mass is 10.1. The Morgan fingerprint density at radius 1 is 1.59 bits per heavy atom. The number of aromatic nitrogens is 1. The van der Waals surface area contributed by atoms with Crippen molar-refractivity contribution in [3.63, 3.8) is 0 Å². The number of rotatable bonds is 5. The molecule has 1 N–H and O–H groups in total. The molecule has 22 heavy (non-hydrogen) atoms. The van der Waals surface area contributed by atoms with Gasteiger partial charge in [0.15, 0.2) is 0 Å². The average molecular weight is 324 g/mol. The van der Waals surface area contributed by atoms with Crippen molar-refractivity contribution in [1.82, 2.24) is 15.2 Å². The van der Waals surface area contributed by atoms with Gasteiger partial charge in [0.2, 0.25) is 17.7 Å². The van der Waals surface area contributed by atoms with Crippen LogP contribution in [0.3, 0.4) is 0 Å². The van der Waals surface area contributed by atoms with Gasteiger partial charge in [0.25, 0.3) is 0 Å². The van der Waals surface area contributed by atoms with Crippen LogP contribution in [-0.2, 0) is 16.1 Å². The quantitative estimate of drug-likeness (QED) is 0.831. The Morgan fingerprint density at radius 3 is 3.05 bits per heavy atom. The van der Waals surface area contributed by atoms with Crippen LogP contribution in [0.1, 0.15) is 12.1 Å². The van der Waals surface area contributed by atoms with Crippen LogP contribution in [0.2, 0.25) is 5.02 Å². The molecule has 0 aromatic carbocycles. The molecule has 0 aliphatic carbocycles. The van der Waals surface area contributed by atoms with Gasteiger partial charge in [-0.15, -0.1) is 0 Å². The van der Waals surface area contributed by atoms with Crippen LogP contribution in [0.25, 0.3) is 0 Å². The van der Waals surface area contributed by atoms with Crippen LogP contribution < -0.4 is 10.1 Å². The summed E-state index contributed by atoms with van der Waals surface area (Å²) in [6, 6.07) is 3.33. The zero-order chi connectivity index (χ0) is 16.1. The minimum Gasteiger partial charge on any atom is -0.481 e. The molecular formula is C15H18ClN3O3. The van der Waals surface area contributed by atoms with Crippen molar-refractivity contribution in [1.29, 1.82) is 0 Å². The summed E-state index contributed by atoms with van der Waals surface area (Å²) in [4.78, 5) is 29.5. The molecule has 118 valence electrons. The molecule has 1 aromatic rings. The van der Waals surface area contributed by atoms with Crippen molar-refractivity contribution >= 4 is 23.4 Å². The van der Waals surface area contributed by atoms with Gasteiger partial charge in [0.05, 0.1) is 30.3 Å². The second-order valence-electron chi connectivity index (χ2n) is 4.97. The largest absolute Gasteiger partial charge is 0.481 e. The number of methoxy groups -OCH3 is 1. The zero-order valence-electron chi connectivity index (χ0n) is 12.3. The fourth-order valence-corrected chi connectivity index (χ4v) is 2.49. The van der Waals surface area contributed by atoms with Gasteiger partial charge in [0.1, 0.15) is 0 Å². The van der Waals surface area contributed by atoms with Gasteiger partial charge in [0, 0.05) is 19.2 Å². The molecule has 7 heteroatoms. The Bertz CT molecular complexity index is 591. The number of hydrogen-bond acceptors (Lipinski definition) is 4. The third-order valence-electron chi connectivity index (χ3n) is 3.58. The van der Waals surface area contributed by atoms with Crippen molar-refractivity contribution in [2.24, 2.45) is 5.92 Å². The summed E-state index contributed by atoms with van der Waals surface area (Å²) in [5, 5.41) is 3.27. The molecule has 2 amide bonds. The molecule has 1 aliphatic rings. The van der Waals surface area contributed by atoms with Gasteiger partial charge in [-0.25, -0.2) is 4.98 Å². The number of nitrogens with zero attached hydrogens (tertiary/aromatic N) is 2. The van der Waals surface area contributed by atoms with Crippen LogP contribution in [0.15, 0.2) is 24.8 Å². The number of hydrogen-bond donors (Lipinski definition) is 1. The molecule has 2 heterocycles. The Kier molecular flexibility index (Phi) is 5.38. The lowest BCUT2D eigenvalue weighted by Crippen LogP contribution is -2.34. The lowest BCUT2D eigenvalue weighted by molar-refractivity contribution is -0.126. The molecule has 6 nitrogen and oxygen atoms in total. The number of nitrogens with one attached hydrogen (secondary N) is 1. The highest BCUT2D eigenvalue weighted by Gasteiger charge is 2.29. The Hall–Kier alpha value is -2.08. The van der Waals surface area contributed by atoms with E-state index in [1.165, 1.54) is 13.2 Å². The summed E-state index contributed by atoms with van der Waals surface area (Å²) in [6.07, 6.45) is 1.91. The third-order valence-corrected chi connectivity index (χ3v) is 3.92. The summed E-state index contributed by atoms with van der Waals surface area (Å²) in [7, 11) is 1.52. The summed E-state index contributed by atoms with van der Waals surface area (Å²) < 4.78 is 5.03. The maximum atomic E-state index is 12.2. The molecule has 0 unspecified atom stereocenters. The second-order valence-corrected chi connectivity index (χ2v) is 5.38. The molecule has 0 radical (unpaired) electrons. The number of pyridine rings is 1. The molecule has 1 aromatic heterocycles. The van der Waals surface area contributed by atoms with Gasteiger partial charge >= 0.3 is 0 Å². The molecule has 0 bridgehead atoms. The van der Waals surface area contributed by atoms with E-state index >= 15 is 0 Å². The van der Waals surface area contributed by atoms with E-state index < -0.39 is 0 Å². The molecule has 1 saturated heterocycles. The number of carbonyl (C=O) groups excluding carboxylic acids is 2. The SMILES string of the molecule is C=CC(=O)N1CC[C@H](C(=O)NCc2nc(OC)ccc2Cl)C1. The van der Waals surface area contributed by atoms with Crippen LogP contribution in [0, 0.1) is 5.92 Å². The standard InChI is InChI=1S/C15H18ClN3O3/c1-3-14(20)19-7-6-10(9-19)15(21)17-8-12-11(16)4-5-13(18-12)22-2/h3-5,10H,1,6-9H2,2H3,(H,17,21)/t10-/m0/s1. The average Bonchev–Trinajstić information content (AvgIpc) is 3.03. The fourth-order valence-electron chi connectivity index (χ4n) is 2.32. The number of ether oxygens (including phenoxy) is 1. The normalized spacial score (nSPS) is 17.2. The lowest BCUT2D eigenvalue weighted by Gasteiger charge is -2.14. The molecule has 1 atom stereocenters. The topological polar surface area (TPSA) is 71.5 Å². The van der Waals surface area contributed by atoms with E-state index in [2.05, 4.69) is 16.9 Å². The minimum absolute atomic E-state index is 0.111. The monoisotopic (exact) mass is 323 g/mol. The van der Waals surface area contributed by atoms with E-state index in [1.54, 1.807) is 17.0 Å². The maximum absolute atomic E-state index is 12.2. The predicted octanol–water partition coefficient (Wildman–Crippen LogP) is 1.39. The van der Waals surface area contributed by atoms with E-state index in [0.29, 0.717) is 36.1 Å². The zero-order valence-corrected chi connectivity index (χ0v) is 13.1. The first-order valence-electron chi connectivity index (χ1n) is 6.93. The van der Waals surface area contributed by atoms with Crippen molar-refractivity contribution in [2.45, 2.75) is 13.0 Å². The van der Waals surface area contributed by atoms with E-state index in [0.717, 1.165) is 0 Å². The highest BCUT2D eigenvalue weighted by molar-refractivity contribution is 6.31. The molecule has 1 fully saturated rings. The van der Waals surface area contributed by atoms with Crippen LogP contribution in [0.5, 0.6) is 5.88 Å². The molecule has 1 aliphatic heterocycles. The Balaban J connectivity index is 1.91. The van der Waals surface area contributed by atoms with Gasteiger partial charge < -0.3 is 15.0 Å². The predicted molar refractivity (Wildman–Crippen MR) is 82.5 cm³/mol. The van der Waals surface area contributed by atoms with Crippen molar-refractivity contribution < 1.29 is 14.3 Å². The number of carbonyl (C=O) groups is 2. The maximum Gasteiger partial charge on any atom is 0.245 e. The van der Waals surface area contributed by atoms with Crippen molar-refractivity contribution in [3.05, 3.63) is 35.5 Å². The van der Waals surface area contributed by atoms with Gasteiger partial charge in [-0.3, -0.25) is 9.59 Å². The van der Waals surface area contributed by atoms with E-state index in [1.807, 2.05) is 0 Å². The van der Waals surface area contributed by atoms with E-state index in [9.17, 15) is 9.59 Å². The van der Waals surface area contributed by atoms with E-state index in [-0.39, 0.29) is 24.3 Å². The first-order chi connectivity index (χ1) is 10.5. The molecule has 0 saturated carbocycles. The summed E-state index contributed by atoms with van der Waals surface area (Å²) in [5.74, 6) is -0.0293. The summed E-state index contributed by atoms with van der Waals surface area (Å²) >= 11 is 6.05. The third kappa shape index (κ3) is 3.76. The molecular weight excluding hydrogens is 306 g/mol. The Labute approximate surface area is 134 Å². The summed E-state index contributed by atoms with van der Waals surface area (Å²) in [5.41, 5.74) is 0.548. The fraction of sp³-hybridized carbons (Fsp3) is 0.400. The molecule has 2 rings (SSSR count). The van der Waals surface area contributed by atoms with Crippen LogP contribution >= 0.6 is 11.6 Å². The highest BCUT2D eigenvalue weighted by Crippen LogP contribution is 2.19. The van der Waals surface area contributed by atoms with Crippen LogP contribution in [0.4, 0.5) is 0 Å².